The van der Waals surface area contributed by atoms with E-state index in [4.69, 9.17) is 0 Å². The largest absolute Gasteiger partial charge is 0.356 e. The molecule has 2 heterocycles. The van der Waals surface area contributed by atoms with Gasteiger partial charge in [0.1, 0.15) is 0 Å². The molecule has 126 valence electrons. The molecule has 0 aliphatic rings. The molecule has 5 heteroatoms. The first-order chi connectivity index (χ1) is 11.6. The standard InChI is InChI=1S/C19H24N4O/c1-15(22-11-9-20-14-22)13-19(24)21-8-5-10-23-16(2)12-17-6-3-4-7-18(17)23/h3-4,6-7,9,11-12,14-15H,5,8,10,13H2,1-2H3,(H,21,24). The van der Waals surface area contributed by atoms with Crippen molar-refractivity contribution in [1.29, 1.82) is 0 Å². The van der Waals surface area contributed by atoms with Crippen molar-refractivity contribution in [3.05, 3.63) is 54.7 Å². The van der Waals surface area contributed by atoms with Gasteiger partial charge in [-0.25, -0.2) is 4.98 Å². The van der Waals surface area contributed by atoms with Crippen molar-refractivity contribution in [2.24, 2.45) is 0 Å². The van der Waals surface area contributed by atoms with Crippen molar-refractivity contribution in [2.75, 3.05) is 6.54 Å². The van der Waals surface area contributed by atoms with Crippen LogP contribution in [0.5, 0.6) is 0 Å². The third-order valence-corrected chi connectivity index (χ3v) is 4.41. The number of carbonyl (C=O) groups excluding carboxylic acids is 1. The average Bonchev–Trinajstić information content (AvgIpc) is 3.19. The zero-order valence-corrected chi connectivity index (χ0v) is 14.3. The highest BCUT2D eigenvalue weighted by Crippen LogP contribution is 2.19. The predicted octanol–water partition coefficient (Wildman–Crippen LogP) is 3.30. The van der Waals surface area contributed by atoms with Gasteiger partial charge in [0.2, 0.25) is 5.91 Å². The molecule has 0 fully saturated rings. The van der Waals surface area contributed by atoms with Crippen molar-refractivity contribution in [1.82, 2.24) is 19.4 Å². The van der Waals surface area contributed by atoms with Gasteiger partial charge >= 0.3 is 0 Å². The van der Waals surface area contributed by atoms with Crippen LogP contribution >= 0.6 is 0 Å². The van der Waals surface area contributed by atoms with Gasteiger partial charge in [-0.3, -0.25) is 4.79 Å². The highest BCUT2D eigenvalue weighted by Gasteiger charge is 2.10. The van der Waals surface area contributed by atoms with Crippen molar-refractivity contribution in [3.63, 3.8) is 0 Å². The fourth-order valence-electron chi connectivity index (χ4n) is 3.09. The van der Waals surface area contributed by atoms with E-state index in [-0.39, 0.29) is 11.9 Å². The SMILES string of the molecule is Cc1cc2ccccc2n1CCCNC(=O)CC(C)n1ccnc1. The monoisotopic (exact) mass is 324 g/mol. The molecule has 3 aromatic rings. The fraction of sp³-hybridized carbons (Fsp3) is 0.368. The average molecular weight is 324 g/mol. The Balaban J connectivity index is 1.46. The molecular weight excluding hydrogens is 300 g/mol. The Labute approximate surface area is 142 Å². The number of fused-ring (bicyclic) bond motifs is 1. The van der Waals surface area contributed by atoms with Gasteiger partial charge in [-0.15, -0.1) is 0 Å². The van der Waals surface area contributed by atoms with Crippen LogP contribution in [0.25, 0.3) is 10.9 Å². The van der Waals surface area contributed by atoms with Gasteiger partial charge in [0.25, 0.3) is 0 Å². The molecule has 1 unspecified atom stereocenters. The second-order valence-corrected chi connectivity index (χ2v) is 6.26. The van der Waals surface area contributed by atoms with E-state index in [0.29, 0.717) is 13.0 Å². The molecule has 0 aliphatic heterocycles. The van der Waals surface area contributed by atoms with Crippen molar-refractivity contribution in [2.45, 2.75) is 39.3 Å². The maximum absolute atomic E-state index is 12.0. The van der Waals surface area contributed by atoms with Crippen LogP contribution in [0, 0.1) is 6.92 Å². The topological polar surface area (TPSA) is 51.9 Å². The second kappa shape index (κ2) is 7.34. The number of hydrogen-bond donors (Lipinski definition) is 1. The van der Waals surface area contributed by atoms with E-state index >= 15 is 0 Å². The molecule has 2 aromatic heterocycles. The van der Waals surface area contributed by atoms with E-state index < -0.39 is 0 Å². The number of aryl methyl sites for hydroxylation is 2. The molecule has 0 radical (unpaired) electrons. The molecule has 5 nitrogen and oxygen atoms in total. The summed E-state index contributed by atoms with van der Waals surface area (Å²) >= 11 is 0. The quantitative estimate of drug-likeness (QED) is 0.678. The Hall–Kier alpha value is -2.56. The minimum Gasteiger partial charge on any atom is -0.356 e. The van der Waals surface area contributed by atoms with Crippen LogP contribution in [0.3, 0.4) is 0 Å². The number of benzene rings is 1. The summed E-state index contributed by atoms with van der Waals surface area (Å²) < 4.78 is 4.27. The summed E-state index contributed by atoms with van der Waals surface area (Å²) in [4.78, 5) is 16.1. The van der Waals surface area contributed by atoms with Crippen LogP contribution in [0.15, 0.2) is 49.1 Å². The molecule has 0 aliphatic carbocycles. The van der Waals surface area contributed by atoms with E-state index in [1.807, 2.05) is 17.7 Å². The number of para-hydroxylation sites is 1. The predicted molar refractivity (Wildman–Crippen MR) is 95.9 cm³/mol. The number of imidazole rings is 1. The molecule has 24 heavy (non-hydrogen) atoms. The van der Waals surface area contributed by atoms with Gasteiger partial charge in [-0.1, -0.05) is 18.2 Å². The summed E-state index contributed by atoms with van der Waals surface area (Å²) in [5.41, 5.74) is 2.52. The number of rotatable bonds is 7. The number of nitrogens with one attached hydrogen (secondary N) is 1. The van der Waals surface area contributed by atoms with Gasteiger partial charge in [0.05, 0.1) is 6.33 Å². The Morgan fingerprint density at radius 3 is 2.96 bits per heavy atom. The third-order valence-electron chi connectivity index (χ3n) is 4.41. The Bertz CT molecular complexity index is 804. The minimum atomic E-state index is 0.0882. The summed E-state index contributed by atoms with van der Waals surface area (Å²) in [6, 6.07) is 10.8. The summed E-state index contributed by atoms with van der Waals surface area (Å²) in [6.45, 7) is 5.76. The first-order valence-electron chi connectivity index (χ1n) is 8.44. The zero-order chi connectivity index (χ0) is 16.9. The number of aromatic nitrogens is 3. The van der Waals surface area contributed by atoms with Crippen LogP contribution < -0.4 is 5.32 Å². The lowest BCUT2D eigenvalue weighted by Gasteiger charge is -2.13. The molecule has 0 saturated heterocycles. The second-order valence-electron chi connectivity index (χ2n) is 6.26. The highest BCUT2D eigenvalue weighted by atomic mass is 16.1. The number of nitrogens with zero attached hydrogens (tertiary/aromatic N) is 3. The van der Waals surface area contributed by atoms with Crippen LogP contribution in [0.4, 0.5) is 0 Å². The number of amides is 1. The van der Waals surface area contributed by atoms with E-state index in [0.717, 1.165) is 13.0 Å². The number of hydrogen-bond acceptors (Lipinski definition) is 2. The van der Waals surface area contributed by atoms with Crippen molar-refractivity contribution in [3.8, 4) is 0 Å². The van der Waals surface area contributed by atoms with Crippen LogP contribution in [0.1, 0.15) is 31.5 Å². The summed E-state index contributed by atoms with van der Waals surface area (Å²) in [5, 5.41) is 4.29. The summed E-state index contributed by atoms with van der Waals surface area (Å²) in [5.74, 6) is 0.0882. The molecule has 1 N–H and O–H groups in total. The van der Waals surface area contributed by atoms with Crippen LogP contribution in [0.2, 0.25) is 0 Å². The van der Waals surface area contributed by atoms with Gasteiger partial charge in [-0.05, 0) is 37.8 Å². The summed E-state index contributed by atoms with van der Waals surface area (Å²) in [7, 11) is 0. The fourth-order valence-corrected chi connectivity index (χ4v) is 3.09. The maximum atomic E-state index is 12.0. The molecular formula is C19H24N4O. The van der Waals surface area contributed by atoms with Crippen LogP contribution in [-0.2, 0) is 11.3 Å². The van der Waals surface area contributed by atoms with E-state index in [9.17, 15) is 4.79 Å². The molecule has 3 rings (SSSR count). The van der Waals surface area contributed by atoms with E-state index in [2.05, 4.69) is 52.1 Å². The van der Waals surface area contributed by atoms with Crippen LogP contribution in [-0.4, -0.2) is 26.6 Å². The first-order valence-corrected chi connectivity index (χ1v) is 8.44. The Morgan fingerprint density at radius 1 is 1.33 bits per heavy atom. The highest BCUT2D eigenvalue weighted by molar-refractivity contribution is 5.81. The number of carbonyl (C=O) groups is 1. The smallest absolute Gasteiger partial charge is 0.222 e. The molecule has 0 saturated carbocycles. The molecule has 0 bridgehead atoms. The molecule has 1 amide bonds. The Kier molecular flexibility index (Phi) is 4.99. The summed E-state index contributed by atoms with van der Waals surface area (Å²) in [6.07, 6.45) is 6.76. The van der Waals surface area contributed by atoms with Gasteiger partial charge in [0.15, 0.2) is 0 Å². The normalized spacial score (nSPS) is 12.4. The molecule has 0 spiro atoms. The van der Waals surface area contributed by atoms with Crippen molar-refractivity contribution >= 4 is 16.8 Å². The molecule has 1 atom stereocenters. The minimum absolute atomic E-state index is 0.0882. The lowest BCUT2D eigenvalue weighted by Crippen LogP contribution is -2.27. The maximum Gasteiger partial charge on any atom is 0.222 e. The third kappa shape index (κ3) is 3.67. The van der Waals surface area contributed by atoms with Gasteiger partial charge < -0.3 is 14.5 Å². The lowest BCUT2D eigenvalue weighted by atomic mass is 10.2. The van der Waals surface area contributed by atoms with Crippen molar-refractivity contribution < 1.29 is 4.79 Å². The van der Waals surface area contributed by atoms with E-state index in [1.165, 1.54) is 16.6 Å². The molecule has 1 aromatic carbocycles. The Morgan fingerprint density at radius 2 is 2.17 bits per heavy atom. The lowest BCUT2D eigenvalue weighted by molar-refractivity contribution is -0.121. The van der Waals surface area contributed by atoms with E-state index in [1.54, 1.807) is 12.5 Å². The van der Waals surface area contributed by atoms with Gasteiger partial charge in [0, 0.05) is 49.2 Å². The zero-order valence-electron chi connectivity index (χ0n) is 14.3. The first kappa shape index (κ1) is 16.3. The van der Waals surface area contributed by atoms with Gasteiger partial charge in [-0.2, -0.15) is 0 Å².